The second-order valence-corrected chi connectivity index (χ2v) is 7.91. The van der Waals surface area contributed by atoms with Gasteiger partial charge in [-0.3, -0.25) is 0 Å². The van der Waals surface area contributed by atoms with Gasteiger partial charge < -0.3 is 10.4 Å². The molecule has 2 N–H and O–H groups in total. The van der Waals surface area contributed by atoms with Crippen molar-refractivity contribution in [2.75, 3.05) is 5.32 Å². The molecule has 0 aliphatic carbocycles. The fourth-order valence-corrected chi connectivity index (χ4v) is 4.33. The van der Waals surface area contributed by atoms with E-state index >= 15 is 0 Å². The normalized spacial score (nSPS) is 10.7. The van der Waals surface area contributed by atoms with E-state index in [9.17, 15) is 5.11 Å². The first-order valence-electron chi connectivity index (χ1n) is 6.84. The first-order chi connectivity index (χ1) is 11.1. The van der Waals surface area contributed by atoms with E-state index in [1.54, 1.807) is 41.3 Å². The topological polar surface area (TPSA) is 32.3 Å². The molecule has 2 aromatic carbocycles. The Kier molecular flexibility index (Phi) is 5.38. The molecule has 0 amide bonds. The number of hydrogen-bond donors (Lipinski definition) is 2. The predicted octanol–water partition coefficient (Wildman–Crippen LogP) is 6.52. The molecule has 0 fully saturated rings. The summed E-state index contributed by atoms with van der Waals surface area (Å²) < 4.78 is 1.24. The van der Waals surface area contributed by atoms with E-state index in [1.165, 1.54) is 9.77 Å². The maximum atomic E-state index is 9.45. The van der Waals surface area contributed by atoms with Crippen molar-refractivity contribution in [2.45, 2.75) is 15.6 Å². The molecule has 1 aromatic heterocycles. The third-order valence-electron chi connectivity index (χ3n) is 3.16. The average Bonchev–Trinajstić information content (AvgIpc) is 2.98. The van der Waals surface area contributed by atoms with Crippen LogP contribution in [0.3, 0.4) is 0 Å². The maximum Gasteiger partial charge on any atom is 0.134 e. The van der Waals surface area contributed by atoms with Crippen LogP contribution in [0.15, 0.2) is 63.0 Å². The number of anilines is 1. The molecule has 3 rings (SSSR count). The second-order valence-electron chi connectivity index (χ2n) is 4.81. The number of rotatable bonds is 5. The van der Waals surface area contributed by atoms with Crippen LogP contribution in [0.5, 0.6) is 5.75 Å². The highest BCUT2D eigenvalue weighted by Gasteiger charge is 2.07. The Morgan fingerprint density at radius 3 is 2.57 bits per heavy atom. The second kappa shape index (κ2) is 7.49. The minimum atomic E-state index is 0.0896. The highest BCUT2D eigenvalue weighted by atomic mass is 35.5. The number of benzene rings is 2. The molecule has 0 radical (unpaired) electrons. The molecule has 3 aromatic rings. The van der Waals surface area contributed by atoms with E-state index in [-0.39, 0.29) is 5.75 Å². The molecular weight excluding hydrogens is 369 g/mol. The summed E-state index contributed by atoms with van der Waals surface area (Å²) >= 11 is 15.3. The first-order valence-corrected chi connectivity index (χ1v) is 9.29. The zero-order chi connectivity index (χ0) is 16.2. The molecular formula is C17H13Cl2NOS2. The zero-order valence-electron chi connectivity index (χ0n) is 11.9. The highest BCUT2D eigenvalue weighted by molar-refractivity contribution is 8.01. The predicted molar refractivity (Wildman–Crippen MR) is 100 cm³/mol. The monoisotopic (exact) mass is 381 g/mol. The number of halogens is 2. The lowest BCUT2D eigenvalue weighted by atomic mass is 10.3. The van der Waals surface area contributed by atoms with Crippen molar-refractivity contribution in [3.63, 3.8) is 0 Å². The van der Waals surface area contributed by atoms with Gasteiger partial charge in [0.1, 0.15) is 5.75 Å². The molecule has 6 heteroatoms. The third-order valence-corrected chi connectivity index (χ3v) is 5.96. The molecule has 2 nitrogen and oxygen atoms in total. The molecule has 0 saturated carbocycles. The largest absolute Gasteiger partial charge is 0.506 e. The van der Waals surface area contributed by atoms with Gasteiger partial charge >= 0.3 is 0 Å². The fraction of sp³-hybridized carbons (Fsp3) is 0.0588. The van der Waals surface area contributed by atoms with Crippen molar-refractivity contribution in [3.8, 4) is 5.75 Å². The lowest BCUT2D eigenvalue weighted by Crippen LogP contribution is -1.98. The zero-order valence-corrected chi connectivity index (χ0v) is 15.1. The first kappa shape index (κ1) is 16.5. The summed E-state index contributed by atoms with van der Waals surface area (Å²) in [6.07, 6.45) is 0. The van der Waals surface area contributed by atoms with E-state index in [4.69, 9.17) is 23.2 Å². The lowest BCUT2D eigenvalue weighted by molar-refractivity contribution is 0.475. The van der Waals surface area contributed by atoms with Gasteiger partial charge in [0.05, 0.1) is 9.23 Å². The van der Waals surface area contributed by atoms with E-state index in [0.717, 1.165) is 15.6 Å². The van der Waals surface area contributed by atoms with Crippen LogP contribution in [0.25, 0.3) is 0 Å². The van der Waals surface area contributed by atoms with Gasteiger partial charge in [-0.05, 0) is 59.5 Å². The summed E-state index contributed by atoms with van der Waals surface area (Å²) in [5, 5.41) is 15.9. The molecule has 0 aliphatic rings. The number of thiophene rings is 1. The van der Waals surface area contributed by atoms with Crippen molar-refractivity contribution in [3.05, 3.63) is 69.5 Å². The summed E-state index contributed by atoms with van der Waals surface area (Å²) in [5.74, 6) is 0.0896. The summed E-state index contributed by atoms with van der Waals surface area (Å²) in [4.78, 5) is 1.16. The highest BCUT2D eigenvalue weighted by Crippen LogP contribution is 2.36. The van der Waals surface area contributed by atoms with Gasteiger partial charge in [-0.25, -0.2) is 0 Å². The van der Waals surface area contributed by atoms with Crippen LogP contribution in [0, 0.1) is 0 Å². The summed E-state index contributed by atoms with van der Waals surface area (Å²) in [5.41, 5.74) is 2.10. The van der Waals surface area contributed by atoms with Crippen LogP contribution in [0.2, 0.25) is 10.0 Å². The van der Waals surface area contributed by atoms with Crippen LogP contribution in [-0.2, 0) is 6.54 Å². The van der Waals surface area contributed by atoms with E-state index in [2.05, 4.69) is 16.8 Å². The van der Waals surface area contributed by atoms with Crippen LogP contribution in [0.1, 0.15) is 5.56 Å². The van der Waals surface area contributed by atoms with Gasteiger partial charge in [-0.2, -0.15) is 0 Å². The maximum absolute atomic E-state index is 9.45. The Hall–Kier alpha value is -1.33. The van der Waals surface area contributed by atoms with Gasteiger partial charge in [-0.15, -0.1) is 11.3 Å². The van der Waals surface area contributed by atoms with Gasteiger partial charge in [0.2, 0.25) is 0 Å². The minimum Gasteiger partial charge on any atom is -0.506 e. The number of phenolic OH excluding ortho intramolecular Hbond substituents is 1. The van der Waals surface area contributed by atoms with Gasteiger partial charge in [0, 0.05) is 22.2 Å². The van der Waals surface area contributed by atoms with Gasteiger partial charge in [0.25, 0.3) is 0 Å². The molecule has 118 valence electrons. The summed E-state index contributed by atoms with van der Waals surface area (Å²) in [6, 6.07) is 15.0. The van der Waals surface area contributed by atoms with Crippen LogP contribution < -0.4 is 5.32 Å². The Morgan fingerprint density at radius 1 is 1.04 bits per heavy atom. The van der Waals surface area contributed by atoms with Gasteiger partial charge in [0.15, 0.2) is 0 Å². The molecule has 0 atom stereocenters. The van der Waals surface area contributed by atoms with E-state index in [0.29, 0.717) is 11.6 Å². The Bertz CT molecular complexity index is 803. The van der Waals surface area contributed by atoms with Crippen LogP contribution in [0.4, 0.5) is 5.69 Å². The van der Waals surface area contributed by atoms with E-state index < -0.39 is 0 Å². The Balaban J connectivity index is 1.68. The molecule has 0 bridgehead atoms. The molecule has 0 spiro atoms. The molecule has 0 saturated heterocycles. The van der Waals surface area contributed by atoms with Crippen molar-refractivity contribution in [2.24, 2.45) is 0 Å². The van der Waals surface area contributed by atoms with Crippen LogP contribution >= 0.6 is 46.3 Å². The van der Waals surface area contributed by atoms with Crippen molar-refractivity contribution >= 4 is 52.0 Å². The number of nitrogens with one attached hydrogen (secondary N) is 1. The molecule has 23 heavy (non-hydrogen) atoms. The van der Waals surface area contributed by atoms with Gasteiger partial charge in [-0.1, -0.05) is 35.0 Å². The minimum absolute atomic E-state index is 0.0896. The van der Waals surface area contributed by atoms with E-state index in [1.807, 2.05) is 24.3 Å². The summed E-state index contributed by atoms with van der Waals surface area (Å²) in [7, 11) is 0. The number of phenols is 1. The molecule has 0 unspecified atom stereocenters. The molecule has 1 heterocycles. The Labute approximate surface area is 153 Å². The molecule has 0 aliphatic heterocycles. The standard InChI is InChI=1S/C17H13Cl2NOS2/c18-12-1-4-14(5-2-12)23-17-11(7-8-22-17)10-20-13-3-6-16(21)15(19)9-13/h1-9,20-21H,10H2. The SMILES string of the molecule is Oc1ccc(NCc2ccsc2Sc2ccc(Cl)cc2)cc1Cl. The Morgan fingerprint density at radius 2 is 1.83 bits per heavy atom. The quantitative estimate of drug-likeness (QED) is 0.493. The fourth-order valence-electron chi connectivity index (χ4n) is 1.97. The van der Waals surface area contributed by atoms with Crippen molar-refractivity contribution in [1.82, 2.24) is 0 Å². The van der Waals surface area contributed by atoms with Crippen molar-refractivity contribution in [1.29, 1.82) is 0 Å². The number of aromatic hydroxyl groups is 1. The van der Waals surface area contributed by atoms with Crippen LogP contribution in [-0.4, -0.2) is 5.11 Å². The summed E-state index contributed by atoms with van der Waals surface area (Å²) in [6.45, 7) is 0.695. The third kappa shape index (κ3) is 4.36. The number of hydrogen-bond acceptors (Lipinski definition) is 4. The smallest absolute Gasteiger partial charge is 0.134 e. The average molecular weight is 382 g/mol. The lowest BCUT2D eigenvalue weighted by Gasteiger charge is -2.08. The van der Waals surface area contributed by atoms with Crippen molar-refractivity contribution < 1.29 is 5.11 Å².